The maximum absolute atomic E-state index is 12.3. The number of piperidine rings is 1. The predicted molar refractivity (Wildman–Crippen MR) is 110 cm³/mol. The summed E-state index contributed by atoms with van der Waals surface area (Å²) in [7, 11) is 0. The highest BCUT2D eigenvalue weighted by Crippen LogP contribution is 2.14. The molecule has 3 rings (SSSR count). The zero-order chi connectivity index (χ0) is 20.6. The molecule has 0 radical (unpaired) electrons. The topological polar surface area (TPSA) is 105 Å². The third-order valence-corrected chi connectivity index (χ3v) is 4.68. The van der Waals surface area contributed by atoms with Gasteiger partial charge in [-0.1, -0.05) is 18.2 Å². The number of nitrogens with one attached hydrogen (secondary N) is 2. The molecule has 0 unspecified atom stereocenters. The molecule has 1 fully saturated rings. The zero-order valence-corrected chi connectivity index (χ0v) is 15.8. The van der Waals surface area contributed by atoms with Gasteiger partial charge in [-0.05, 0) is 48.7 Å². The lowest BCUT2D eigenvalue weighted by Crippen LogP contribution is -2.47. The Bertz CT molecular complexity index is 889. The number of nitrogens with zero attached hydrogens (tertiary/aromatic N) is 2. The number of para-hydroxylation sites is 1. The van der Waals surface area contributed by atoms with Gasteiger partial charge in [-0.15, -0.1) is 0 Å². The van der Waals surface area contributed by atoms with E-state index in [0.717, 1.165) is 5.69 Å². The molecule has 0 spiro atoms. The Kier molecular flexibility index (Phi) is 6.57. The summed E-state index contributed by atoms with van der Waals surface area (Å²) in [5.41, 5.74) is 1.47. The van der Waals surface area contributed by atoms with Crippen LogP contribution in [0.5, 0.6) is 0 Å². The van der Waals surface area contributed by atoms with Gasteiger partial charge in [0.05, 0.1) is 4.92 Å². The Hall–Kier alpha value is -3.68. The number of hydrogen-bond donors (Lipinski definition) is 2. The van der Waals surface area contributed by atoms with E-state index in [1.807, 2.05) is 30.3 Å². The second-order valence-corrected chi connectivity index (χ2v) is 6.75. The summed E-state index contributed by atoms with van der Waals surface area (Å²) < 4.78 is 0. The second kappa shape index (κ2) is 9.50. The van der Waals surface area contributed by atoms with Gasteiger partial charge in [-0.3, -0.25) is 14.9 Å². The molecule has 1 heterocycles. The van der Waals surface area contributed by atoms with Crippen molar-refractivity contribution in [3.63, 3.8) is 0 Å². The molecule has 0 aliphatic carbocycles. The first kappa shape index (κ1) is 20.1. The molecule has 2 N–H and O–H groups in total. The number of hydrogen-bond acceptors (Lipinski definition) is 4. The molecule has 1 saturated heterocycles. The zero-order valence-electron chi connectivity index (χ0n) is 15.8. The molecule has 3 amide bonds. The van der Waals surface area contributed by atoms with Gasteiger partial charge in [-0.2, -0.15) is 0 Å². The molecular formula is C21H22N4O4. The summed E-state index contributed by atoms with van der Waals surface area (Å²) in [5, 5.41) is 16.4. The fraction of sp³-hybridized carbons (Fsp3) is 0.238. The number of anilines is 1. The van der Waals surface area contributed by atoms with E-state index in [2.05, 4.69) is 10.6 Å². The molecule has 1 aliphatic rings. The van der Waals surface area contributed by atoms with Crippen molar-refractivity contribution in [2.75, 3.05) is 18.4 Å². The molecular weight excluding hydrogens is 372 g/mol. The average Bonchev–Trinajstić information content (AvgIpc) is 2.74. The van der Waals surface area contributed by atoms with Gasteiger partial charge in [0.25, 0.3) is 5.69 Å². The van der Waals surface area contributed by atoms with Crippen molar-refractivity contribution in [2.45, 2.75) is 18.9 Å². The van der Waals surface area contributed by atoms with Crippen molar-refractivity contribution in [2.24, 2.45) is 0 Å². The summed E-state index contributed by atoms with van der Waals surface area (Å²) in [6, 6.07) is 15.1. The monoisotopic (exact) mass is 394 g/mol. The minimum atomic E-state index is -0.466. The molecule has 0 atom stereocenters. The van der Waals surface area contributed by atoms with E-state index < -0.39 is 4.92 Å². The fourth-order valence-electron chi connectivity index (χ4n) is 3.08. The Morgan fingerprint density at radius 2 is 1.69 bits per heavy atom. The van der Waals surface area contributed by atoms with Crippen LogP contribution in [0.15, 0.2) is 60.7 Å². The highest BCUT2D eigenvalue weighted by molar-refractivity contribution is 5.92. The van der Waals surface area contributed by atoms with Crippen LogP contribution in [0.1, 0.15) is 18.4 Å². The lowest BCUT2D eigenvalue weighted by molar-refractivity contribution is -0.384. The minimum absolute atomic E-state index is 0.00443. The number of amides is 3. The first-order valence-electron chi connectivity index (χ1n) is 9.35. The number of benzene rings is 2. The Morgan fingerprint density at radius 3 is 2.31 bits per heavy atom. The van der Waals surface area contributed by atoms with Crippen molar-refractivity contribution in [1.82, 2.24) is 10.2 Å². The van der Waals surface area contributed by atoms with Gasteiger partial charge >= 0.3 is 6.03 Å². The van der Waals surface area contributed by atoms with E-state index in [9.17, 15) is 19.7 Å². The summed E-state index contributed by atoms with van der Waals surface area (Å²) in [4.78, 5) is 36.3. The molecule has 2 aromatic rings. The summed E-state index contributed by atoms with van der Waals surface area (Å²) in [6.07, 6.45) is 4.38. The number of likely N-dealkylation sites (tertiary alicyclic amines) is 1. The van der Waals surface area contributed by atoms with E-state index in [1.165, 1.54) is 18.2 Å². The molecule has 2 aromatic carbocycles. The van der Waals surface area contributed by atoms with Crippen LogP contribution in [-0.2, 0) is 4.79 Å². The first-order chi connectivity index (χ1) is 14.0. The van der Waals surface area contributed by atoms with Crippen LogP contribution in [0.4, 0.5) is 16.2 Å². The van der Waals surface area contributed by atoms with Gasteiger partial charge in [0, 0.05) is 43.0 Å². The van der Waals surface area contributed by atoms with Crippen molar-refractivity contribution >= 4 is 29.4 Å². The molecule has 0 aromatic heterocycles. The molecule has 1 aliphatic heterocycles. The van der Waals surface area contributed by atoms with Crippen molar-refractivity contribution in [3.8, 4) is 0 Å². The minimum Gasteiger partial charge on any atom is -0.350 e. The van der Waals surface area contributed by atoms with Gasteiger partial charge < -0.3 is 15.5 Å². The molecule has 0 saturated carbocycles. The lowest BCUT2D eigenvalue weighted by Gasteiger charge is -2.32. The quantitative estimate of drug-likeness (QED) is 0.460. The van der Waals surface area contributed by atoms with Gasteiger partial charge in [0.2, 0.25) is 5.91 Å². The molecule has 8 heteroatoms. The second-order valence-electron chi connectivity index (χ2n) is 6.75. The lowest BCUT2D eigenvalue weighted by atomic mass is 10.1. The van der Waals surface area contributed by atoms with Crippen LogP contribution in [0.3, 0.4) is 0 Å². The van der Waals surface area contributed by atoms with E-state index in [-0.39, 0.29) is 23.7 Å². The molecule has 0 bridgehead atoms. The number of carbonyl (C=O) groups excluding carboxylic acids is 2. The van der Waals surface area contributed by atoms with Crippen LogP contribution in [0.25, 0.3) is 6.08 Å². The molecule has 29 heavy (non-hydrogen) atoms. The number of nitro groups is 1. The summed E-state index contributed by atoms with van der Waals surface area (Å²) in [6.45, 7) is 1.13. The normalized spacial score (nSPS) is 14.6. The van der Waals surface area contributed by atoms with Crippen LogP contribution in [0, 0.1) is 10.1 Å². The van der Waals surface area contributed by atoms with E-state index in [1.54, 1.807) is 23.1 Å². The van der Waals surface area contributed by atoms with Gasteiger partial charge in [0.1, 0.15) is 0 Å². The maximum Gasteiger partial charge on any atom is 0.321 e. The molecule has 150 valence electrons. The average molecular weight is 394 g/mol. The van der Waals surface area contributed by atoms with Crippen LogP contribution >= 0.6 is 0 Å². The number of carbonyl (C=O) groups is 2. The number of rotatable bonds is 5. The van der Waals surface area contributed by atoms with Crippen LogP contribution in [0.2, 0.25) is 0 Å². The maximum atomic E-state index is 12.3. The third-order valence-electron chi connectivity index (χ3n) is 4.68. The van der Waals surface area contributed by atoms with Gasteiger partial charge in [0.15, 0.2) is 0 Å². The standard InChI is InChI=1S/C21H22N4O4/c26-20(11-8-16-6-9-19(10-7-16)25(28)29)22-18-12-14-24(15-13-18)21(27)23-17-4-2-1-3-5-17/h1-11,18H,12-15H2,(H,22,26)(H,23,27)/b11-8+. The first-order valence-corrected chi connectivity index (χ1v) is 9.35. The Balaban J connectivity index is 1.43. The van der Waals surface area contributed by atoms with Crippen LogP contribution < -0.4 is 10.6 Å². The molecule has 8 nitrogen and oxygen atoms in total. The van der Waals surface area contributed by atoms with E-state index >= 15 is 0 Å². The number of urea groups is 1. The number of non-ortho nitro benzene ring substituents is 1. The number of nitro benzene ring substituents is 1. The summed E-state index contributed by atoms with van der Waals surface area (Å²) in [5.74, 6) is -0.226. The Morgan fingerprint density at radius 1 is 1.03 bits per heavy atom. The highest BCUT2D eigenvalue weighted by atomic mass is 16.6. The van der Waals surface area contributed by atoms with Gasteiger partial charge in [-0.25, -0.2) is 4.79 Å². The SMILES string of the molecule is O=C(/C=C/c1ccc([N+](=O)[O-])cc1)NC1CCN(C(=O)Nc2ccccc2)CC1. The van der Waals surface area contributed by atoms with Crippen LogP contribution in [-0.4, -0.2) is 40.9 Å². The van der Waals surface area contributed by atoms with Crippen molar-refractivity contribution in [3.05, 3.63) is 76.4 Å². The Labute approximate surface area is 168 Å². The largest absolute Gasteiger partial charge is 0.350 e. The van der Waals surface area contributed by atoms with Crippen molar-refractivity contribution < 1.29 is 14.5 Å². The summed E-state index contributed by atoms with van der Waals surface area (Å²) >= 11 is 0. The van der Waals surface area contributed by atoms with E-state index in [0.29, 0.717) is 31.5 Å². The fourth-order valence-corrected chi connectivity index (χ4v) is 3.08. The predicted octanol–water partition coefficient (Wildman–Crippen LogP) is 3.42. The smallest absolute Gasteiger partial charge is 0.321 e. The third kappa shape index (κ3) is 5.90. The van der Waals surface area contributed by atoms with E-state index in [4.69, 9.17) is 0 Å². The van der Waals surface area contributed by atoms with Crippen molar-refractivity contribution in [1.29, 1.82) is 0 Å². The highest BCUT2D eigenvalue weighted by Gasteiger charge is 2.23.